The Hall–Kier alpha value is -2.66. The van der Waals surface area contributed by atoms with E-state index >= 15 is 0 Å². The number of hydrogen-bond donors (Lipinski definition) is 1. The first-order chi connectivity index (χ1) is 11.8. The number of hydrogen-bond acceptors (Lipinski definition) is 3. The highest BCUT2D eigenvalue weighted by Gasteiger charge is 2.22. The summed E-state index contributed by atoms with van der Waals surface area (Å²) in [5, 5.41) is 2.94. The van der Waals surface area contributed by atoms with Gasteiger partial charge < -0.3 is 10.1 Å². The Bertz CT molecular complexity index is 848. The number of ether oxygens (including phenoxy) is 1. The summed E-state index contributed by atoms with van der Waals surface area (Å²) in [6, 6.07) is 16.2. The summed E-state index contributed by atoms with van der Waals surface area (Å²) < 4.78 is 7.45. The molecule has 0 spiro atoms. The fraction of sp³-hybridized carbons (Fsp3) is 0.263. The van der Waals surface area contributed by atoms with Crippen LogP contribution in [-0.2, 0) is 16.1 Å². The second-order valence-corrected chi connectivity index (χ2v) is 5.99. The smallest absolute Gasteiger partial charge is 0.249 e. The molecule has 0 saturated carbocycles. The Balaban J connectivity index is 1.45. The maximum Gasteiger partial charge on any atom is 0.249 e. The van der Waals surface area contributed by atoms with Crippen LogP contribution in [-0.4, -0.2) is 28.2 Å². The number of carbonyl (C=O) groups excluding carboxylic acids is 1. The Morgan fingerprint density at radius 3 is 2.83 bits per heavy atom. The van der Waals surface area contributed by atoms with Crippen LogP contribution in [0.4, 0.5) is 0 Å². The van der Waals surface area contributed by atoms with Crippen LogP contribution in [0.3, 0.4) is 0 Å². The van der Waals surface area contributed by atoms with E-state index < -0.39 is 0 Å². The second-order valence-electron chi connectivity index (χ2n) is 5.99. The minimum Gasteiger partial charge on any atom is -0.368 e. The Morgan fingerprint density at radius 2 is 2.04 bits per heavy atom. The standard InChI is InChI=1S/C19H19N3O2/c23-19(18-6-3-11-24-18)20-12-14-7-9-15(10-8-14)22-13-21-16-4-1-2-5-17(16)22/h1-2,4-5,7-10,13,18H,3,6,11-12H2,(H,20,23)/t18-/m1/s1. The Labute approximate surface area is 140 Å². The van der Waals surface area contributed by atoms with E-state index in [1.165, 1.54) is 0 Å². The third kappa shape index (κ3) is 2.90. The van der Waals surface area contributed by atoms with Crippen molar-refractivity contribution in [3.8, 4) is 5.69 Å². The van der Waals surface area contributed by atoms with E-state index in [1.807, 2.05) is 48.8 Å². The van der Waals surface area contributed by atoms with Crippen molar-refractivity contribution >= 4 is 16.9 Å². The average Bonchev–Trinajstić information content (AvgIpc) is 3.30. The molecule has 1 amide bonds. The summed E-state index contributed by atoms with van der Waals surface area (Å²) in [6.45, 7) is 1.20. The van der Waals surface area contributed by atoms with Crippen molar-refractivity contribution in [1.82, 2.24) is 14.9 Å². The molecule has 3 aromatic rings. The lowest BCUT2D eigenvalue weighted by atomic mass is 10.2. The van der Waals surface area contributed by atoms with Crippen molar-refractivity contribution < 1.29 is 9.53 Å². The zero-order valence-corrected chi connectivity index (χ0v) is 13.3. The molecule has 2 aromatic carbocycles. The van der Waals surface area contributed by atoms with Crippen LogP contribution in [0.25, 0.3) is 16.7 Å². The topological polar surface area (TPSA) is 56.2 Å². The SMILES string of the molecule is O=C(NCc1ccc(-n2cnc3ccccc32)cc1)[C@H]1CCCO1. The Kier molecular flexibility index (Phi) is 4.01. The first kappa shape index (κ1) is 14.9. The van der Waals surface area contributed by atoms with Crippen molar-refractivity contribution in [2.75, 3.05) is 6.61 Å². The largest absolute Gasteiger partial charge is 0.368 e. The number of aromatic nitrogens is 2. The number of rotatable bonds is 4. The van der Waals surface area contributed by atoms with Crippen LogP contribution >= 0.6 is 0 Å². The fourth-order valence-corrected chi connectivity index (χ4v) is 3.03. The second kappa shape index (κ2) is 6.45. The molecule has 1 saturated heterocycles. The van der Waals surface area contributed by atoms with Gasteiger partial charge in [-0.25, -0.2) is 4.98 Å². The molecule has 2 heterocycles. The molecule has 0 bridgehead atoms. The molecule has 5 heteroatoms. The average molecular weight is 321 g/mol. The molecule has 1 atom stereocenters. The lowest BCUT2D eigenvalue weighted by Crippen LogP contribution is -2.33. The molecule has 0 radical (unpaired) electrons. The maximum atomic E-state index is 12.0. The number of imidazole rings is 1. The summed E-state index contributed by atoms with van der Waals surface area (Å²) in [6.07, 6.45) is 3.34. The van der Waals surface area contributed by atoms with Gasteiger partial charge in [-0.3, -0.25) is 9.36 Å². The van der Waals surface area contributed by atoms with Crippen molar-refractivity contribution in [3.63, 3.8) is 0 Å². The van der Waals surface area contributed by atoms with Crippen LogP contribution < -0.4 is 5.32 Å². The van der Waals surface area contributed by atoms with Crippen LogP contribution in [0.1, 0.15) is 18.4 Å². The van der Waals surface area contributed by atoms with E-state index in [9.17, 15) is 4.79 Å². The predicted molar refractivity (Wildman–Crippen MR) is 91.9 cm³/mol. The molecule has 4 rings (SSSR count). The van der Waals surface area contributed by atoms with Crippen molar-refractivity contribution in [3.05, 3.63) is 60.4 Å². The quantitative estimate of drug-likeness (QED) is 0.804. The minimum atomic E-state index is -0.276. The van der Waals surface area contributed by atoms with Crippen LogP contribution in [0.5, 0.6) is 0 Å². The summed E-state index contributed by atoms with van der Waals surface area (Å²) in [5.74, 6) is -0.0165. The third-order valence-corrected chi connectivity index (χ3v) is 4.36. The van der Waals surface area contributed by atoms with E-state index in [4.69, 9.17) is 4.74 Å². The number of benzene rings is 2. The zero-order valence-electron chi connectivity index (χ0n) is 13.3. The lowest BCUT2D eigenvalue weighted by Gasteiger charge is -2.11. The third-order valence-electron chi connectivity index (χ3n) is 4.36. The molecular formula is C19H19N3O2. The number of fused-ring (bicyclic) bond motifs is 1. The minimum absolute atomic E-state index is 0.0165. The van der Waals surface area contributed by atoms with E-state index in [0.717, 1.165) is 35.1 Å². The number of para-hydroxylation sites is 2. The Morgan fingerprint density at radius 1 is 1.21 bits per heavy atom. The molecule has 1 aliphatic rings. The van der Waals surface area contributed by atoms with Gasteiger partial charge in [-0.05, 0) is 42.7 Å². The van der Waals surface area contributed by atoms with Crippen LogP contribution in [0.2, 0.25) is 0 Å². The molecule has 122 valence electrons. The normalized spacial score (nSPS) is 17.2. The summed E-state index contributed by atoms with van der Waals surface area (Å²) in [4.78, 5) is 16.4. The van der Waals surface area contributed by atoms with E-state index in [1.54, 1.807) is 0 Å². The number of nitrogens with zero attached hydrogens (tertiary/aromatic N) is 2. The number of amides is 1. The molecule has 5 nitrogen and oxygen atoms in total. The van der Waals surface area contributed by atoms with Gasteiger partial charge in [-0.15, -0.1) is 0 Å². The molecule has 1 N–H and O–H groups in total. The van der Waals surface area contributed by atoms with Crippen molar-refractivity contribution in [2.45, 2.75) is 25.5 Å². The molecule has 24 heavy (non-hydrogen) atoms. The molecular weight excluding hydrogens is 302 g/mol. The van der Waals surface area contributed by atoms with E-state index in [0.29, 0.717) is 13.2 Å². The number of nitrogens with one attached hydrogen (secondary N) is 1. The van der Waals surface area contributed by atoms with Gasteiger partial charge in [-0.2, -0.15) is 0 Å². The maximum absolute atomic E-state index is 12.0. The number of carbonyl (C=O) groups is 1. The van der Waals surface area contributed by atoms with Crippen LogP contribution in [0, 0.1) is 0 Å². The molecule has 1 aliphatic heterocycles. The fourth-order valence-electron chi connectivity index (χ4n) is 3.03. The van der Waals surface area contributed by atoms with Crippen molar-refractivity contribution in [2.24, 2.45) is 0 Å². The molecule has 0 aliphatic carbocycles. The monoisotopic (exact) mass is 321 g/mol. The van der Waals surface area contributed by atoms with E-state index in [2.05, 4.69) is 20.9 Å². The molecule has 0 unspecified atom stereocenters. The van der Waals surface area contributed by atoms with Gasteiger partial charge in [0, 0.05) is 18.8 Å². The summed E-state index contributed by atoms with van der Waals surface area (Å²) >= 11 is 0. The zero-order chi connectivity index (χ0) is 16.4. The molecule has 1 fully saturated rings. The summed E-state index contributed by atoms with van der Waals surface area (Å²) in [7, 11) is 0. The lowest BCUT2D eigenvalue weighted by molar-refractivity contribution is -0.130. The van der Waals surface area contributed by atoms with Gasteiger partial charge in [-0.1, -0.05) is 24.3 Å². The first-order valence-corrected chi connectivity index (χ1v) is 8.22. The van der Waals surface area contributed by atoms with Crippen molar-refractivity contribution in [1.29, 1.82) is 0 Å². The van der Waals surface area contributed by atoms with Gasteiger partial charge in [0.05, 0.1) is 11.0 Å². The summed E-state index contributed by atoms with van der Waals surface area (Å²) in [5.41, 5.74) is 4.18. The molecule has 1 aromatic heterocycles. The van der Waals surface area contributed by atoms with Gasteiger partial charge >= 0.3 is 0 Å². The highest BCUT2D eigenvalue weighted by Crippen LogP contribution is 2.18. The van der Waals surface area contributed by atoms with Crippen LogP contribution in [0.15, 0.2) is 54.9 Å². The van der Waals surface area contributed by atoms with Gasteiger partial charge in [0.15, 0.2) is 0 Å². The van der Waals surface area contributed by atoms with Gasteiger partial charge in [0.2, 0.25) is 5.91 Å². The highest BCUT2D eigenvalue weighted by atomic mass is 16.5. The first-order valence-electron chi connectivity index (χ1n) is 8.22. The highest BCUT2D eigenvalue weighted by molar-refractivity contribution is 5.81. The van der Waals surface area contributed by atoms with E-state index in [-0.39, 0.29) is 12.0 Å². The van der Waals surface area contributed by atoms with Gasteiger partial charge in [0.1, 0.15) is 12.4 Å². The predicted octanol–water partition coefficient (Wildman–Crippen LogP) is 2.82. The van der Waals surface area contributed by atoms with Gasteiger partial charge in [0.25, 0.3) is 0 Å².